The first-order chi connectivity index (χ1) is 12.3. The minimum atomic E-state index is -0.0442. The highest BCUT2D eigenvalue weighted by Gasteiger charge is 2.15. The first-order valence-electron chi connectivity index (χ1n) is 11.1. The zero-order valence-electron chi connectivity index (χ0n) is 16.7. The summed E-state index contributed by atoms with van der Waals surface area (Å²) in [5.41, 5.74) is 0. The third-order valence-corrected chi connectivity index (χ3v) is 5.19. The summed E-state index contributed by atoms with van der Waals surface area (Å²) in [6, 6.07) is 0. The van der Waals surface area contributed by atoms with Gasteiger partial charge in [-0.3, -0.25) is 4.79 Å². The third-order valence-electron chi connectivity index (χ3n) is 5.19. The maximum atomic E-state index is 11.7. The second-order valence-electron chi connectivity index (χ2n) is 7.66. The molecule has 0 N–H and O–H groups in total. The molecule has 25 heavy (non-hydrogen) atoms. The number of hydrogen-bond acceptors (Lipinski definition) is 3. The Morgan fingerprint density at radius 1 is 0.840 bits per heavy atom. The Morgan fingerprint density at radius 2 is 1.40 bits per heavy atom. The van der Waals surface area contributed by atoms with Gasteiger partial charge in [-0.1, -0.05) is 84.0 Å². The molecule has 0 radical (unpaired) electrons. The van der Waals surface area contributed by atoms with E-state index in [1.165, 1.54) is 77.0 Å². The van der Waals surface area contributed by atoms with Crippen LogP contribution in [0.1, 0.15) is 116 Å². The van der Waals surface area contributed by atoms with Crippen molar-refractivity contribution in [2.24, 2.45) is 0 Å². The number of rotatable bonds is 16. The van der Waals surface area contributed by atoms with Crippen LogP contribution in [0.25, 0.3) is 0 Å². The van der Waals surface area contributed by atoms with Gasteiger partial charge >= 0.3 is 5.97 Å². The predicted molar refractivity (Wildman–Crippen MR) is 105 cm³/mol. The van der Waals surface area contributed by atoms with Gasteiger partial charge in [-0.25, -0.2) is 0 Å². The van der Waals surface area contributed by atoms with E-state index in [2.05, 4.69) is 6.92 Å². The summed E-state index contributed by atoms with van der Waals surface area (Å²) in [5, 5.41) is 0. The van der Waals surface area contributed by atoms with E-state index in [1.807, 2.05) is 0 Å². The minimum Gasteiger partial charge on any atom is -0.463 e. The first-order valence-corrected chi connectivity index (χ1v) is 11.1. The molecule has 0 saturated carbocycles. The monoisotopic (exact) mass is 354 g/mol. The van der Waals surface area contributed by atoms with Gasteiger partial charge in [0.1, 0.15) is 6.61 Å². The number of unbranched alkanes of at least 4 members (excludes halogenated alkanes) is 12. The van der Waals surface area contributed by atoms with Crippen LogP contribution in [0.4, 0.5) is 0 Å². The molecular weight excluding hydrogens is 312 g/mol. The van der Waals surface area contributed by atoms with Gasteiger partial charge in [-0.05, 0) is 25.7 Å². The molecule has 1 atom stereocenters. The fourth-order valence-corrected chi connectivity index (χ4v) is 3.48. The van der Waals surface area contributed by atoms with Crippen molar-refractivity contribution >= 4 is 5.97 Å². The lowest BCUT2D eigenvalue weighted by Gasteiger charge is -2.22. The van der Waals surface area contributed by atoms with Crippen molar-refractivity contribution in [2.75, 3.05) is 13.2 Å². The molecule has 0 aromatic heterocycles. The standard InChI is InChI=1S/C22H42O3/c1-2-3-4-5-6-7-8-9-10-11-12-13-14-18-22(23)25-20-21-17-15-16-19-24-21/h21H,2-20H2,1H3. The van der Waals surface area contributed by atoms with Gasteiger partial charge in [-0.2, -0.15) is 0 Å². The number of esters is 1. The van der Waals surface area contributed by atoms with Crippen LogP contribution in [0, 0.1) is 0 Å². The average Bonchev–Trinajstić information content (AvgIpc) is 2.64. The predicted octanol–water partition coefficient (Wildman–Crippen LogP) is 6.58. The molecule has 0 aromatic rings. The van der Waals surface area contributed by atoms with Gasteiger partial charge in [0.15, 0.2) is 0 Å². The normalized spacial score (nSPS) is 17.6. The van der Waals surface area contributed by atoms with Crippen LogP contribution in [0.3, 0.4) is 0 Å². The molecule has 1 rings (SSSR count). The highest BCUT2D eigenvalue weighted by molar-refractivity contribution is 5.69. The summed E-state index contributed by atoms with van der Waals surface area (Å²) >= 11 is 0. The van der Waals surface area contributed by atoms with Gasteiger partial charge in [0.25, 0.3) is 0 Å². The van der Waals surface area contributed by atoms with E-state index in [0.717, 1.165) is 32.3 Å². The van der Waals surface area contributed by atoms with Crippen LogP contribution in [0.15, 0.2) is 0 Å². The molecule has 3 heteroatoms. The van der Waals surface area contributed by atoms with E-state index < -0.39 is 0 Å². The maximum Gasteiger partial charge on any atom is 0.305 e. The molecule has 0 aliphatic carbocycles. The lowest BCUT2D eigenvalue weighted by molar-refractivity contribution is -0.149. The molecular formula is C22H42O3. The Labute approximate surface area is 156 Å². The fourth-order valence-electron chi connectivity index (χ4n) is 3.48. The molecule has 1 aliphatic rings. The fraction of sp³-hybridized carbons (Fsp3) is 0.955. The second-order valence-corrected chi connectivity index (χ2v) is 7.66. The first kappa shape index (κ1) is 22.5. The molecule has 1 aliphatic heterocycles. The van der Waals surface area contributed by atoms with Crippen molar-refractivity contribution in [3.63, 3.8) is 0 Å². The van der Waals surface area contributed by atoms with Crippen LogP contribution in [-0.4, -0.2) is 25.3 Å². The molecule has 1 heterocycles. The molecule has 0 bridgehead atoms. The summed E-state index contributed by atoms with van der Waals surface area (Å²) in [6.45, 7) is 3.55. The van der Waals surface area contributed by atoms with Gasteiger partial charge in [0.05, 0.1) is 6.10 Å². The van der Waals surface area contributed by atoms with Crippen molar-refractivity contribution in [2.45, 2.75) is 122 Å². The smallest absolute Gasteiger partial charge is 0.305 e. The van der Waals surface area contributed by atoms with Crippen molar-refractivity contribution in [1.82, 2.24) is 0 Å². The number of ether oxygens (including phenoxy) is 2. The molecule has 1 fully saturated rings. The largest absolute Gasteiger partial charge is 0.463 e. The van der Waals surface area contributed by atoms with Crippen molar-refractivity contribution in [3.8, 4) is 0 Å². The van der Waals surface area contributed by atoms with E-state index in [4.69, 9.17) is 9.47 Å². The van der Waals surface area contributed by atoms with Crippen LogP contribution in [0.5, 0.6) is 0 Å². The molecule has 3 nitrogen and oxygen atoms in total. The third kappa shape index (κ3) is 14.3. The average molecular weight is 355 g/mol. The van der Waals surface area contributed by atoms with E-state index in [0.29, 0.717) is 13.0 Å². The molecule has 1 saturated heterocycles. The van der Waals surface area contributed by atoms with E-state index in [9.17, 15) is 4.79 Å². The minimum absolute atomic E-state index is 0.0442. The number of carbonyl (C=O) groups is 1. The zero-order chi connectivity index (χ0) is 18.0. The van der Waals surface area contributed by atoms with Crippen LogP contribution in [-0.2, 0) is 14.3 Å². The van der Waals surface area contributed by atoms with E-state index in [1.54, 1.807) is 0 Å². The van der Waals surface area contributed by atoms with Gasteiger partial charge < -0.3 is 9.47 Å². The van der Waals surface area contributed by atoms with Crippen molar-refractivity contribution in [1.29, 1.82) is 0 Å². The van der Waals surface area contributed by atoms with E-state index >= 15 is 0 Å². The van der Waals surface area contributed by atoms with Crippen LogP contribution >= 0.6 is 0 Å². The van der Waals surface area contributed by atoms with Gasteiger partial charge in [-0.15, -0.1) is 0 Å². The molecule has 0 aromatic carbocycles. The summed E-state index contributed by atoms with van der Waals surface area (Å²) in [7, 11) is 0. The Hall–Kier alpha value is -0.570. The lowest BCUT2D eigenvalue weighted by Crippen LogP contribution is -2.25. The molecule has 1 unspecified atom stereocenters. The number of carbonyl (C=O) groups excluding carboxylic acids is 1. The highest BCUT2D eigenvalue weighted by Crippen LogP contribution is 2.14. The summed E-state index contributed by atoms with van der Waals surface area (Å²) in [5.74, 6) is -0.0442. The maximum absolute atomic E-state index is 11.7. The second kappa shape index (κ2) is 16.9. The topological polar surface area (TPSA) is 35.5 Å². The quantitative estimate of drug-likeness (QED) is 0.232. The zero-order valence-corrected chi connectivity index (χ0v) is 16.7. The van der Waals surface area contributed by atoms with Crippen LogP contribution < -0.4 is 0 Å². The Balaban J connectivity index is 1.75. The van der Waals surface area contributed by atoms with E-state index in [-0.39, 0.29) is 12.1 Å². The highest BCUT2D eigenvalue weighted by atomic mass is 16.6. The van der Waals surface area contributed by atoms with Crippen LogP contribution in [0.2, 0.25) is 0 Å². The van der Waals surface area contributed by atoms with Gasteiger partial charge in [0.2, 0.25) is 0 Å². The van der Waals surface area contributed by atoms with Gasteiger partial charge in [0, 0.05) is 13.0 Å². The summed E-state index contributed by atoms with van der Waals surface area (Å²) in [4.78, 5) is 11.7. The Bertz CT molecular complexity index is 298. The SMILES string of the molecule is CCCCCCCCCCCCCCCC(=O)OCC1CCCCO1. The van der Waals surface area contributed by atoms with Crippen molar-refractivity contribution in [3.05, 3.63) is 0 Å². The Kier molecular flexibility index (Phi) is 15.2. The molecule has 0 spiro atoms. The summed E-state index contributed by atoms with van der Waals surface area (Å²) < 4.78 is 10.9. The lowest BCUT2D eigenvalue weighted by atomic mass is 10.0. The molecule has 148 valence electrons. The number of hydrogen-bond donors (Lipinski definition) is 0. The molecule has 0 amide bonds. The summed E-state index contributed by atoms with van der Waals surface area (Å²) in [6.07, 6.45) is 21.4. The Morgan fingerprint density at radius 3 is 1.92 bits per heavy atom. The van der Waals surface area contributed by atoms with Crippen molar-refractivity contribution < 1.29 is 14.3 Å².